The largest absolute Gasteiger partial charge is 0.378 e. The molecule has 0 saturated carbocycles. The summed E-state index contributed by atoms with van der Waals surface area (Å²) in [6, 6.07) is 0. The SMILES string of the molecule is CCC(CC)(COCC(CC)(CC)S(N)(=O)=O)S(N)(=O)=O. The molecule has 0 bridgehead atoms. The molecule has 0 heterocycles. The molecule has 21 heavy (non-hydrogen) atoms. The van der Waals surface area contributed by atoms with Crippen LogP contribution in [0.3, 0.4) is 0 Å². The lowest BCUT2D eigenvalue weighted by atomic mass is 10.0. The van der Waals surface area contributed by atoms with Crippen molar-refractivity contribution in [2.45, 2.75) is 62.9 Å². The molecule has 0 aliphatic carbocycles. The Balaban J connectivity index is 5.18. The number of sulfonamides is 2. The van der Waals surface area contributed by atoms with Gasteiger partial charge in [0.25, 0.3) is 0 Å². The molecular weight excluding hydrogens is 316 g/mol. The van der Waals surface area contributed by atoms with Crippen LogP contribution in [0.1, 0.15) is 53.4 Å². The first-order valence-corrected chi connectivity index (χ1v) is 10.2. The van der Waals surface area contributed by atoms with Gasteiger partial charge >= 0.3 is 0 Å². The second kappa shape index (κ2) is 7.36. The molecule has 0 aromatic heterocycles. The minimum absolute atomic E-state index is 0.143. The molecule has 0 aliphatic heterocycles. The molecule has 128 valence electrons. The van der Waals surface area contributed by atoms with Crippen LogP contribution in [0.5, 0.6) is 0 Å². The summed E-state index contributed by atoms with van der Waals surface area (Å²) >= 11 is 0. The van der Waals surface area contributed by atoms with Crippen molar-refractivity contribution in [2.75, 3.05) is 13.2 Å². The van der Waals surface area contributed by atoms with Gasteiger partial charge in [-0.3, -0.25) is 0 Å². The fourth-order valence-corrected chi connectivity index (χ4v) is 4.40. The first kappa shape index (κ1) is 20.8. The minimum Gasteiger partial charge on any atom is -0.378 e. The van der Waals surface area contributed by atoms with Gasteiger partial charge in [0.2, 0.25) is 20.0 Å². The molecule has 0 rings (SSSR count). The second-order valence-electron chi connectivity index (χ2n) is 5.36. The van der Waals surface area contributed by atoms with Crippen molar-refractivity contribution < 1.29 is 21.6 Å². The summed E-state index contributed by atoms with van der Waals surface area (Å²) in [5.74, 6) is 0. The molecule has 0 atom stereocenters. The molecule has 0 radical (unpaired) electrons. The van der Waals surface area contributed by atoms with E-state index in [0.717, 1.165) is 0 Å². The van der Waals surface area contributed by atoms with E-state index in [4.69, 9.17) is 15.0 Å². The maximum Gasteiger partial charge on any atom is 0.217 e. The van der Waals surface area contributed by atoms with Crippen LogP contribution in [0.25, 0.3) is 0 Å². The van der Waals surface area contributed by atoms with E-state index in [0.29, 0.717) is 25.7 Å². The van der Waals surface area contributed by atoms with Crippen LogP contribution in [0, 0.1) is 0 Å². The van der Waals surface area contributed by atoms with Crippen molar-refractivity contribution in [1.29, 1.82) is 0 Å². The normalized spacial score (nSPS) is 14.4. The Hall–Kier alpha value is -0.220. The van der Waals surface area contributed by atoms with E-state index in [-0.39, 0.29) is 13.2 Å². The monoisotopic (exact) mass is 344 g/mol. The van der Waals surface area contributed by atoms with E-state index in [1.807, 2.05) is 0 Å². The minimum atomic E-state index is -3.80. The van der Waals surface area contributed by atoms with Crippen molar-refractivity contribution in [3.05, 3.63) is 0 Å². The third-order valence-corrected chi connectivity index (χ3v) is 8.32. The van der Waals surface area contributed by atoms with E-state index >= 15 is 0 Å². The quantitative estimate of drug-likeness (QED) is 0.602. The standard InChI is InChI=1S/C12H28N2O5S2/c1-5-11(6-2,20(13,15)16)9-19-10-12(7-3,8-4)21(14,17)18/h5-10H2,1-4H3,(H2,13,15,16)(H2,14,17,18). The smallest absolute Gasteiger partial charge is 0.217 e. The van der Waals surface area contributed by atoms with Crippen molar-refractivity contribution >= 4 is 20.0 Å². The zero-order valence-electron chi connectivity index (χ0n) is 13.3. The fraction of sp³-hybridized carbons (Fsp3) is 1.00. The third kappa shape index (κ3) is 4.38. The number of rotatable bonds is 10. The zero-order chi connectivity index (χ0) is 16.9. The topological polar surface area (TPSA) is 130 Å². The molecule has 0 amide bonds. The Morgan fingerprint density at radius 3 is 1.10 bits per heavy atom. The van der Waals surface area contributed by atoms with Crippen molar-refractivity contribution in [3.8, 4) is 0 Å². The van der Waals surface area contributed by atoms with E-state index in [2.05, 4.69) is 0 Å². The number of ether oxygens (including phenoxy) is 1. The van der Waals surface area contributed by atoms with Crippen LogP contribution in [0.15, 0.2) is 0 Å². The predicted molar refractivity (Wildman–Crippen MR) is 83.7 cm³/mol. The number of hydrogen-bond acceptors (Lipinski definition) is 5. The highest BCUT2D eigenvalue weighted by Gasteiger charge is 2.42. The van der Waals surface area contributed by atoms with E-state index in [1.54, 1.807) is 27.7 Å². The van der Waals surface area contributed by atoms with Crippen molar-refractivity contribution in [1.82, 2.24) is 0 Å². The summed E-state index contributed by atoms with van der Waals surface area (Å²) in [7, 11) is -7.60. The molecule has 9 heteroatoms. The van der Waals surface area contributed by atoms with Gasteiger partial charge in [0.15, 0.2) is 0 Å². The van der Waals surface area contributed by atoms with Gasteiger partial charge in [-0.15, -0.1) is 0 Å². The van der Waals surface area contributed by atoms with Crippen LogP contribution in [0.2, 0.25) is 0 Å². The Morgan fingerprint density at radius 1 is 0.714 bits per heavy atom. The van der Waals surface area contributed by atoms with Gasteiger partial charge in [0.05, 0.1) is 13.2 Å². The molecule has 0 unspecified atom stereocenters. The first-order valence-electron chi connectivity index (χ1n) is 7.07. The van der Waals surface area contributed by atoms with Crippen LogP contribution in [-0.4, -0.2) is 39.5 Å². The lowest BCUT2D eigenvalue weighted by Gasteiger charge is -2.33. The van der Waals surface area contributed by atoms with Gasteiger partial charge in [-0.1, -0.05) is 27.7 Å². The number of primary sulfonamides is 2. The maximum atomic E-state index is 11.8. The average Bonchev–Trinajstić information content (AvgIpc) is 2.37. The molecule has 0 saturated heterocycles. The Labute approximate surface area is 128 Å². The van der Waals surface area contributed by atoms with Gasteiger partial charge < -0.3 is 4.74 Å². The average molecular weight is 344 g/mol. The summed E-state index contributed by atoms with van der Waals surface area (Å²) in [5.41, 5.74) is 0. The zero-order valence-corrected chi connectivity index (χ0v) is 14.9. The van der Waals surface area contributed by atoms with E-state index < -0.39 is 29.5 Å². The van der Waals surface area contributed by atoms with Crippen LogP contribution in [0.4, 0.5) is 0 Å². The van der Waals surface area contributed by atoms with E-state index in [1.165, 1.54) is 0 Å². The summed E-state index contributed by atoms with van der Waals surface area (Å²) in [6.45, 7) is 6.56. The van der Waals surface area contributed by atoms with E-state index in [9.17, 15) is 16.8 Å². The van der Waals surface area contributed by atoms with Gasteiger partial charge in [-0.25, -0.2) is 27.1 Å². The third-order valence-electron chi connectivity index (χ3n) is 4.51. The fourth-order valence-electron chi connectivity index (χ4n) is 2.30. The molecule has 4 N–H and O–H groups in total. The van der Waals surface area contributed by atoms with Crippen molar-refractivity contribution in [2.24, 2.45) is 10.3 Å². The highest BCUT2D eigenvalue weighted by atomic mass is 32.2. The Bertz CT molecular complexity index is 472. The molecular formula is C12H28N2O5S2. The molecule has 0 spiro atoms. The van der Waals surface area contributed by atoms with Gasteiger partial charge in [-0.05, 0) is 25.7 Å². The first-order chi connectivity index (χ1) is 9.45. The molecule has 0 aliphatic rings. The highest BCUT2D eigenvalue weighted by molar-refractivity contribution is 7.90. The Kier molecular flexibility index (Phi) is 7.29. The van der Waals surface area contributed by atoms with Crippen LogP contribution < -0.4 is 10.3 Å². The molecule has 0 aromatic carbocycles. The highest BCUT2D eigenvalue weighted by Crippen LogP contribution is 2.28. The predicted octanol–water partition coefficient (Wildman–Crippen LogP) is 0.698. The van der Waals surface area contributed by atoms with Crippen LogP contribution in [-0.2, 0) is 24.8 Å². The summed E-state index contributed by atoms with van der Waals surface area (Å²) in [5, 5.41) is 10.6. The summed E-state index contributed by atoms with van der Waals surface area (Å²) < 4.78 is 50.1. The maximum absolute atomic E-state index is 11.8. The van der Waals surface area contributed by atoms with Gasteiger partial charge in [0, 0.05) is 0 Å². The molecule has 0 aromatic rings. The number of nitrogens with two attached hydrogens (primary N) is 2. The lowest BCUT2D eigenvalue weighted by Crippen LogP contribution is -2.50. The summed E-state index contributed by atoms with van der Waals surface area (Å²) in [6.07, 6.45) is 1.18. The molecule has 7 nitrogen and oxygen atoms in total. The Morgan fingerprint density at radius 2 is 0.952 bits per heavy atom. The second-order valence-corrected chi connectivity index (χ2v) is 9.28. The molecule has 0 fully saturated rings. The van der Waals surface area contributed by atoms with Gasteiger partial charge in [-0.2, -0.15) is 0 Å². The van der Waals surface area contributed by atoms with Crippen LogP contribution >= 0.6 is 0 Å². The lowest BCUT2D eigenvalue weighted by molar-refractivity contribution is 0.0817. The summed E-state index contributed by atoms with van der Waals surface area (Å²) in [4.78, 5) is 0. The van der Waals surface area contributed by atoms with Crippen molar-refractivity contribution in [3.63, 3.8) is 0 Å². The number of hydrogen-bond donors (Lipinski definition) is 2. The van der Waals surface area contributed by atoms with Gasteiger partial charge in [0.1, 0.15) is 9.49 Å².